The van der Waals surface area contributed by atoms with Crippen molar-refractivity contribution >= 4 is 15.4 Å². The maximum Gasteiger partial charge on any atom is 0.470 e. The Labute approximate surface area is 179 Å². The van der Waals surface area contributed by atoms with Crippen molar-refractivity contribution in [1.29, 1.82) is 0 Å². The SMILES string of the molecule is O=P(O)(O)OC(Cc1ccccc1)(C(CO)(CO)C(O)Cc1ccccc1)P(=O)(O)O. The molecule has 10 nitrogen and oxygen atoms in total. The van der Waals surface area contributed by atoms with Gasteiger partial charge in [0.15, 0.2) is 5.34 Å². The standard InChI is InChI=1S/C19H26O10P2/c20-13-18(14-21,17(22)11-15-7-3-1-4-8-15)19(30(23,24)25,29-31(26,27)28)12-16-9-5-2-6-10-16/h1-10,17,20-22H,11-14H2,(H2,23,24,25)(H2,26,27,28). The predicted octanol–water partition coefficient (Wildman–Crippen LogP) is 0.787. The Balaban J connectivity index is 2.73. The summed E-state index contributed by atoms with van der Waals surface area (Å²) in [4.78, 5) is 39.6. The topological polar surface area (TPSA) is 185 Å². The number of hydrogen-bond donors (Lipinski definition) is 7. The monoisotopic (exact) mass is 476 g/mol. The van der Waals surface area contributed by atoms with Crippen LogP contribution in [-0.2, 0) is 26.5 Å². The Morgan fingerprint density at radius 1 is 0.806 bits per heavy atom. The predicted molar refractivity (Wildman–Crippen MR) is 111 cm³/mol. The zero-order chi connectivity index (χ0) is 23.3. The largest absolute Gasteiger partial charge is 0.470 e. The van der Waals surface area contributed by atoms with Gasteiger partial charge >= 0.3 is 15.4 Å². The highest BCUT2D eigenvalue weighted by Crippen LogP contribution is 2.67. The van der Waals surface area contributed by atoms with Gasteiger partial charge in [0.25, 0.3) is 0 Å². The zero-order valence-corrected chi connectivity index (χ0v) is 18.2. The van der Waals surface area contributed by atoms with E-state index in [1.807, 2.05) is 0 Å². The Morgan fingerprint density at radius 2 is 1.26 bits per heavy atom. The molecule has 0 saturated carbocycles. The summed E-state index contributed by atoms with van der Waals surface area (Å²) in [7, 11) is -11.3. The molecule has 0 bridgehead atoms. The van der Waals surface area contributed by atoms with Gasteiger partial charge in [-0.05, 0) is 17.5 Å². The molecule has 12 heteroatoms. The number of aliphatic hydroxyl groups is 3. The molecule has 0 aliphatic heterocycles. The molecule has 2 rings (SSSR count). The molecule has 2 atom stereocenters. The normalized spacial score (nSPS) is 16.0. The second-order valence-corrected chi connectivity index (χ2v) is 10.2. The molecule has 0 aliphatic rings. The third kappa shape index (κ3) is 5.69. The summed E-state index contributed by atoms with van der Waals surface area (Å²) in [5.74, 6) is 0. The van der Waals surface area contributed by atoms with Gasteiger partial charge in [-0.2, -0.15) is 0 Å². The molecule has 0 spiro atoms. The molecule has 0 amide bonds. The van der Waals surface area contributed by atoms with Crippen molar-refractivity contribution in [2.24, 2.45) is 5.41 Å². The van der Waals surface area contributed by atoms with Crippen LogP contribution in [0.2, 0.25) is 0 Å². The van der Waals surface area contributed by atoms with E-state index < -0.39 is 51.9 Å². The fraction of sp³-hybridized carbons (Fsp3) is 0.368. The second-order valence-electron chi connectivity index (χ2n) is 7.25. The van der Waals surface area contributed by atoms with Crippen LogP contribution in [0.25, 0.3) is 0 Å². The molecular weight excluding hydrogens is 450 g/mol. The molecule has 2 unspecified atom stereocenters. The number of phosphoric acid groups is 1. The van der Waals surface area contributed by atoms with E-state index in [1.165, 1.54) is 24.3 Å². The summed E-state index contributed by atoms with van der Waals surface area (Å²) < 4.78 is 29.3. The van der Waals surface area contributed by atoms with E-state index in [0.29, 0.717) is 5.56 Å². The number of rotatable bonds is 11. The van der Waals surface area contributed by atoms with Crippen molar-refractivity contribution in [2.45, 2.75) is 24.3 Å². The van der Waals surface area contributed by atoms with Crippen LogP contribution in [0.1, 0.15) is 11.1 Å². The van der Waals surface area contributed by atoms with Crippen molar-refractivity contribution in [3.05, 3.63) is 71.8 Å². The molecule has 31 heavy (non-hydrogen) atoms. The molecule has 0 radical (unpaired) electrons. The Morgan fingerprint density at radius 3 is 1.65 bits per heavy atom. The molecule has 0 saturated heterocycles. The average molecular weight is 476 g/mol. The lowest BCUT2D eigenvalue weighted by atomic mass is 9.73. The van der Waals surface area contributed by atoms with E-state index in [4.69, 9.17) is 4.52 Å². The smallest absolute Gasteiger partial charge is 0.395 e. The number of hydrogen-bond acceptors (Lipinski definition) is 6. The third-order valence-corrected chi connectivity index (χ3v) is 7.61. The van der Waals surface area contributed by atoms with E-state index in [0.717, 1.165) is 0 Å². The van der Waals surface area contributed by atoms with Crippen LogP contribution < -0.4 is 0 Å². The van der Waals surface area contributed by atoms with E-state index in [1.54, 1.807) is 36.4 Å². The van der Waals surface area contributed by atoms with Crippen LogP contribution in [0.15, 0.2) is 60.7 Å². The number of aliphatic hydroxyl groups excluding tert-OH is 3. The van der Waals surface area contributed by atoms with Gasteiger partial charge in [-0.3, -0.25) is 9.09 Å². The maximum atomic E-state index is 12.7. The van der Waals surface area contributed by atoms with Gasteiger partial charge in [0.1, 0.15) is 0 Å². The van der Waals surface area contributed by atoms with Crippen molar-refractivity contribution < 1.29 is 48.5 Å². The van der Waals surface area contributed by atoms with Crippen molar-refractivity contribution in [1.82, 2.24) is 0 Å². The molecule has 7 N–H and O–H groups in total. The summed E-state index contributed by atoms with van der Waals surface area (Å²) in [6.45, 7) is -2.48. The quantitative estimate of drug-likeness (QED) is 0.229. The van der Waals surface area contributed by atoms with E-state index >= 15 is 0 Å². The lowest BCUT2D eigenvalue weighted by Crippen LogP contribution is -2.62. The summed E-state index contributed by atoms with van der Waals surface area (Å²) >= 11 is 0. The van der Waals surface area contributed by atoms with E-state index in [2.05, 4.69) is 0 Å². The Bertz CT molecular complexity index is 923. The highest BCUT2D eigenvalue weighted by Gasteiger charge is 2.67. The van der Waals surface area contributed by atoms with E-state index in [9.17, 15) is 44.0 Å². The van der Waals surface area contributed by atoms with Gasteiger partial charge < -0.3 is 34.9 Å². The molecular formula is C19H26O10P2. The lowest BCUT2D eigenvalue weighted by molar-refractivity contribution is -0.147. The van der Waals surface area contributed by atoms with Crippen LogP contribution in [0.5, 0.6) is 0 Å². The van der Waals surface area contributed by atoms with Crippen molar-refractivity contribution in [2.75, 3.05) is 13.2 Å². The molecule has 2 aromatic carbocycles. The van der Waals surface area contributed by atoms with Gasteiger partial charge in [-0.15, -0.1) is 0 Å². The zero-order valence-electron chi connectivity index (χ0n) is 16.4. The van der Waals surface area contributed by atoms with Crippen molar-refractivity contribution in [3.8, 4) is 0 Å². The molecule has 0 aliphatic carbocycles. The maximum absolute atomic E-state index is 12.7. The van der Waals surface area contributed by atoms with Crippen LogP contribution in [0.4, 0.5) is 0 Å². The summed E-state index contributed by atoms with van der Waals surface area (Å²) in [5, 5.41) is 28.2. The van der Waals surface area contributed by atoms with Crippen LogP contribution in [-0.4, -0.2) is 59.6 Å². The first-order chi connectivity index (χ1) is 14.4. The minimum Gasteiger partial charge on any atom is -0.395 e. The molecule has 0 aromatic heterocycles. The molecule has 0 heterocycles. The van der Waals surface area contributed by atoms with Crippen LogP contribution in [0.3, 0.4) is 0 Å². The Kier molecular flexibility index (Phi) is 8.35. The highest BCUT2D eigenvalue weighted by molar-refractivity contribution is 7.54. The van der Waals surface area contributed by atoms with Crippen LogP contribution in [0, 0.1) is 5.41 Å². The fourth-order valence-corrected chi connectivity index (χ4v) is 6.26. The first-order valence-electron chi connectivity index (χ1n) is 9.20. The minimum atomic E-state index is -5.68. The summed E-state index contributed by atoms with van der Waals surface area (Å²) in [6.07, 6.45) is -2.95. The Hall–Kier alpha value is -1.42. The second kappa shape index (κ2) is 10.0. The van der Waals surface area contributed by atoms with Gasteiger partial charge in [-0.25, -0.2) is 4.57 Å². The number of benzene rings is 2. The van der Waals surface area contributed by atoms with E-state index in [-0.39, 0.29) is 12.0 Å². The first kappa shape index (κ1) is 25.8. The molecule has 0 fully saturated rings. The third-order valence-electron chi connectivity index (χ3n) is 5.28. The van der Waals surface area contributed by atoms with Gasteiger partial charge in [0.05, 0.1) is 24.7 Å². The van der Waals surface area contributed by atoms with Gasteiger partial charge in [0.2, 0.25) is 0 Å². The van der Waals surface area contributed by atoms with Crippen LogP contribution >= 0.6 is 15.4 Å². The van der Waals surface area contributed by atoms with Crippen molar-refractivity contribution in [3.63, 3.8) is 0 Å². The van der Waals surface area contributed by atoms with Gasteiger partial charge in [-0.1, -0.05) is 60.7 Å². The minimum absolute atomic E-state index is 0.192. The summed E-state index contributed by atoms with van der Waals surface area (Å²) in [5.41, 5.74) is -1.87. The van der Waals surface area contributed by atoms with Gasteiger partial charge in [0, 0.05) is 6.42 Å². The number of phosphoric ester groups is 1. The fourth-order valence-electron chi connectivity index (χ4n) is 3.62. The molecule has 2 aromatic rings. The molecule has 172 valence electrons. The first-order valence-corrected chi connectivity index (χ1v) is 12.3. The summed E-state index contributed by atoms with van der Waals surface area (Å²) in [6, 6.07) is 15.7. The lowest BCUT2D eigenvalue weighted by Gasteiger charge is -2.50. The average Bonchev–Trinajstić information content (AvgIpc) is 2.68. The highest BCUT2D eigenvalue weighted by atomic mass is 31.2.